The average molecular weight is 266 g/mol. The molecular weight excluding hydrogens is 252 g/mol. The maximum absolute atomic E-state index is 11.6. The standard InChI is InChI=1S/C11H14N4O2S/c1-12-18(16,17)11-4-2-3-9(5-11)14-7-10-6-13-8-15-10/h2-6,8,12,14H,7H2,1H3,(H,13,15). The van der Waals surface area contributed by atoms with Gasteiger partial charge in [-0.15, -0.1) is 0 Å². The van der Waals surface area contributed by atoms with Crippen LogP contribution in [0.2, 0.25) is 0 Å². The number of benzene rings is 1. The summed E-state index contributed by atoms with van der Waals surface area (Å²) in [6.45, 7) is 0.559. The number of H-pyrrole nitrogens is 1. The predicted octanol–water partition coefficient (Wildman–Crippen LogP) is 0.930. The molecule has 2 aromatic rings. The quantitative estimate of drug-likeness (QED) is 0.751. The van der Waals surface area contributed by atoms with Gasteiger partial charge in [-0.2, -0.15) is 0 Å². The molecular formula is C11H14N4O2S. The Bertz CT molecular complexity index is 608. The van der Waals surface area contributed by atoms with Crippen LogP contribution < -0.4 is 10.0 Å². The summed E-state index contributed by atoms with van der Waals surface area (Å²) >= 11 is 0. The van der Waals surface area contributed by atoms with E-state index < -0.39 is 10.0 Å². The molecule has 0 unspecified atom stereocenters. The lowest BCUT2D eigenvalue weighted by molar-refractivity contribution is 0.588. The van der Waals surface area contributed by atoms with Gasteiger partial charge >= 0.3 is 0 Å². The van der Waals surface area contributed by atoms with Crippen molar-refractivity contribution in [3.8, 4) is 0 Å². The fourth-order valence-corrected chi connectivity index (χ4v) is 2.25. The second kappa shape index (κ2) is 5.19. The van der Waals surface area contributed by atoms with Gasteiger partial charge in [0.1, 0.15) is 0 Å². The molecule has 0 bridgehead atoms. The molecule has 0 aliphatic heterocycles. The molecule has 6 nitrogen and oxygen atoms in total. The number of hydrogen-bond acceptors (Lipinski definition) is 4. The zero-order valence-corrected chi connectivity index (χ0v) is 10.7. The topological polar surface area (TPSA) is 86.9 Å². The Labute approximate surface area is 106 Å². The highest BCUT2D eigenvalue weighted by Crippen LogP contribution is 2.15. The van der Waals surface area contributed by atoms with E-state index >= 15 is 0 Å². The molecule has 1 aromatic carbocycles. The first kappa shape index (κ1) is 12.6. The number of rotatable bonds is 5. The van der Waals surface area contributed by atoms with Crippen LogP contribution >= 0.6 is 0 Å². The third kappa shape index (κ3) is 2.88. The number of hydrogen-bond donors (Lipinski definition) is 3. The fourth-order valence-electron chi connectivity index (χ4n) is 1.47. The van der Waals surface area contributed by atoms with Gasteiger partial charge in [-0.1, -0.05) is 6.07 Å². The van der Waals surface area contributed by atoms with Crippen molar-refractivity contribution in [2.45, 2.75) is 11.4 Å². The Hall–Kier alpha value is -1.86. The Balaban J connectivity index is 2.13. The van der Waals surface area contributed by atoms with Gasteiger partial charge in [0, 0.05) is 11.9 Å². The van der Waals surface area contributed by atoms with E-state index in [2.05, 4.69) is 20.0 Å². The van der Waals surface area contributed by atoms with Gasteiger partial charge < -0.3 is 10.3 Å². The van der Waals surface area contributed by atoms with Crippen LogP contribution in [0.1, 0.15) is 5.69 Å². The minimum atomic E-state index is -3.40. The highest BCUT2D eigenvalue weighted by atomic mass is 32.2. The molecule has 0 atom stereocenters. The lowest BCUT2D eigenvalue weighted by Gasteiger charge is -2.07. The van der Waals surface area contributed by atoms with E-state index in [9.17, 15) is 8.42 Å². The van der Waals surface area contributed by atoms with E-state index in [-0.39, 0.29) is 4.90 Å². The Morgan fingerprint density at radius 3 is 2.89 bits per heavy atom. The summed E-state index contributed by atoms with van der Waals surface area (Å²) in [6, 6.07) is 6.64. The monoisotopic (exact) mass is 266 g/mol. The summed E-state index contributed by atoms with van der Waals surface area (Å²) < 4.78 is 25.5. The first-order valence-electron chi connectivity index (χ1n) is 5.36. The zero-order chi connectivity index (χ0) is 13.0. The maximum Gasteiger partial charge on any atom is 0.240 e. The molecule has 18 heavy (non-hydrogen) atoms. The van der Waals surface area contributed by atoms with Crippen molar-refractivity contribution in [2.75, 3.05) is 12.4 Å². The highest BCUT2D eigenvalue weighted by molar-refractivity contribution is 7.89. The Morgan fingerprint density at radius 2 is 2.22 bits per heavy atom. The van der Waals surface area contributed by atoms with Crippen LogP contribution in [0.15, 0.2) is 41.7 Å². The smallest absolute Gasteiger partial charge is 0.240 e. The minimum Gasteiger partial charge on any atom is -0.379 e. The predicted molar refractivity (Wildman–Crippen MR) is 68.6 cm³/mol. The van der Waals surface area contributed by atoms with Crippen LogP contribution in [0.3, 0.4) is 0 Å². The van der Waals surface area contributed by atoms with Crippen molar-refractivity contribution in [3.63, 3.8) is 0 Å². The number of aromatic nitrogens is 2. The summed E-state index contributed by atoms with van der Waals surface area (Å²) in [6.07, 6.45) is 3.31. The zero-order valence-electron chi connectivity index (χ0n) is 9.84. The molecule has 0 amide bonds. The molecule has 0 fully saturated rings. The van der Waals surface area contributed by atoms with E-state index in [1.165, 1.54) is 7.05 Å². The molecule has 96 valence electrons. The SMILES string of the molecule is CNS(=O)(=O)c1cccc(NCc2cnc[nH]2)c1. The summed E-state index contributed by atoms with van der Waals surface area (Å²) in [5, 5.41) is 3.12. The van der Waals surface area contributed by atoms with E-state index in [1.54, 1.807) is 30.7 Å². The number of anilines is 1. The number of sulfonamides is 1. The maximum atomic E-state index is 11.6. The fraction of sp³-hybridized carbons (Fsp3) is 0.182. The molecule has 3 N–H and O–H groups in total. The van der Waals surface area contributed by atoms with Crippen molar-refractivity contribution >= 4 is 15.7 Å². The van der Waals surface area contributed by atoms with Crippen molar-refractivity contribution in [1.82, 2.24) is 14.7 Å². The van der Waals surface area contributed by atoms with Crippen LogP contribution in [0.4, 0.5) is 5.69 Å². The van der Waals surface area contributed by atoms with E-state index in [0.29, 0.717) is 6.54 Å². The van der Waals surface area contributed by atoms with Gasteiger partial charge in [0.2, 0.25) is 10.0 Å². The van der Waals surface area contributed by atoms with Crippen LogP contribution in [-0.4, -0.2) is 25.4 Å². The summed E-state index contributed by atoms with van der Waals surface area (Å²) in [5.74, 6) is 0. The van der Waals surface area contributed by atoms with Gasteiger partial charge in [-0.05, 0) is 25.2 Å². The molecule has 0 radical (unpaired) electrons. The summed E-state index contributed by atoms with van der Waals surface area (Å²) in [7, 11) is -2.01. The molecule has 1 heterocycles. The highest BCUT2D eigenvalue weighted by Gasteiger charge is 2.11. The van der Waals surface area contributed by atoms with Crippen molar-refractivity contribution in [2.24, 2.45) is 0 Å². The number of imidazole rings is 1. The molecule has 0 aliphatic carbocycles. The number of nitrogens with one attached hydrogen (secondary N) is 3. The van der Waals surface area contributed by atoms with E-state index in [1.807, 2.05) is 6.07 Å². The van der Waals surface area contributed by atoms with Crippen LogP contribution in [-0.2, 0) is 16.6 Å². The average Bonchev–Trinajstić information content (AvgIpc) is 2.90. The third-order valence-electron chi connectivity index (χ3n) is 2.45. The summed E-state index contributed by atoms with van der Waals surface area (Å²) in [4.78, 5) is 7.10. The van der Waals surface area contributed by atoms with Gasteiger partial charge in [-0.3, -0.25) is 0 Å². The first-order valence-corrected chi connectivity index (χ1v) is 6.85. The van der Waals surface area contributed by atoms with Gasteiger partial charge in [0.25, 0.3) is 0 Å². The molecule has 0 saturated heterocycles. The molecule has 0 saturated carbocycles. The van der Waals surface area contributed by atoms with E-state index in [4.69, 9.17) is 0 Å². The minimum absolute atomic E-state index is 0.236. The summed E-state index contributed by atoms with van der Waals surface area (Å²) in [5.41, 5.74) is 1.66. The first-order chi connectivity index (χ1) is 8.62. The van der Waals surface area contributed by atoms with Crippen molar-refractivity contribution < 1.29 is 8.42 Å². The molecule has 0 spiro atoms. The molecule has 1 aromatic heterocycles. The van der Waals surface area contributed by atoms with Crippen molar-refractivity contribution in [1.29, 1.82) is 0 Å². The van der Waals surface area contributed by atoms with Crippen LogP contribution in [0.25, 0.3) is 0 Å². The van der Waals surface area contributed by atoms with Gasteiger partial charge in [0.15, 0.2) is 0 Å². The van der Waals surface area contributed by atoms with E-state index in [0.717, 1.165) is 11.4 Å². The number of aromatic amines is 1. The van der Waals surface area contributed by atoms with Crippen LogP contribution in [0.5, 0.6) is 0 Å². The second-order valence-corrected chi connectivity index (χ2v) is 5.55. The largest absolute Gasteiger partial charge is 0.379 e. The van der Waals surface area contributed by atoms with Gasteiger partial charge in [-0.25, -0.2) is 18.1 Å². The molecule has 0 aliphatic rings. The van der Waals surface area contributed by atoms with Crippen LogP contribution in [0, 0.1) is 0 Å². The second-order valence-electron chi connectivity index (χ2n) is 3.67. The van der Waals surface area contributed by atoms with Gasteiger partial charge in [0.05, 0.1) is 23.5 Å². The molecule has 2 rings (SSSR count). The number of nitrogens with zero attached hydrogens (tertiary/aromatic N) is 1. The lowest BCUT2D eigenvalue weighted by Crippen LogP contribution is -2.18. The normalized spacial score (nSPS) is 11.4. The van der Waals surface area contributed by atoms with Crippen molar-refractivity contribution in [3.05, 3.63) is 42.5 Å². The third-order valence-corrected chi connectivity index (χ3v) is 3.86. The molecule has 7 heteroatoms. The Morgan fingerprint density at radius 1 is 1.39 bits per heavy atom. The lowest BCUT2D eigenvalue weighted by atomic mass is 10.3. The Kier molecular flexibility index (Phi) is 3.63.